The molecular weight excluding hydrogens is 366 g/mol. The van der Waals surface area contributed by atoms with Crippen LogP contribution >= 0.6 is 0 Å². The first-order valence-electron chi connectivity index (χ1n) is 9.12. The molecule has 0 saturated carbocycles. The molecule has 0 radical (unpaired) electrons. The number of benzene rings is 3. The lowest BCUT2D eigenvalue weighted by molar-refractivity contribution is -0.140. The van der Waals surface area contributed by atoms with E-state index in [0.29, 0.717) is 11.5 Å². The van der Waals surface area contributed by atoms with Crippen LogP contribution in [0.25, 0.3) is 10.9 Å². The SMILES string of the molecule is O=C(NN=Cc1c[nH]c2ccccc12)C(Oc1ccccc1)Oc1ccccc1. The second kappa shape index (κ2) is 8.75. The van der Waals surface area contributed by atoms with Crippen molar-refractivity contribution >= 4 is 23.0 Å². The predicted octanol–water partition coefficient (Wildman–Crippen LogP) is 4.10. The summed E-state index contributed by atoms with van der Waals surface area (Å²) < 4.78 is 11.4. The Morgan fingerprint density at radius 3 is 2.10 bits per heavy atom. The Balaban J connectivity index is 1.48. The molecule has 4 rings (SSSR count). The van der Waals surface area contributed by atoms with Crippen molar-refractivity contribution in [1.29, 1.82) is 0 Å². The summed E-state index contributed by atoms with van der Waals surface area (Å²) in [7, 11) is 0. The maximum absolute atomic E-state index is 12.7. The molecule has 0 unspecified atom stereocenters. The van der Waals surface area contributed by atoms with Crippen molar-refractivity contribution in [3.63, 3.8) is 0 Å². The second-order valence-corrected chi connectivity index (χ2v) is 6.22. The van der Waals surface area contributed by atoms with Crippen molar-refractivity contribution in [2.45, 2.75) is 6.29 Å². The van der Waals surface area contributed by atoms with Crippen molar-refractivity contribution in [3.05, 3.63) is 96.7 Å². The minimum absolute atomic E-state index is 0.518. The number of aromatic nitrogens is 1. The second-order valence-electron chi connectivity index (χ2n) is 6.22. The smallest absolute Gasteiger partial charge is 0.323 e. The van der Waals surface area contributed by atoms with Crippen molar-refractivity contribution in [1.82, 2.24) is 10.4 Å². The van der Waals surface area contributed by atoms with Gasteiger partial charge in [-0.3, -0.25) is 4.79 Å². The fraction of sp³-hybridized carbons (Fsp3) is 0.0435. The molecule has 0 saturated heterocycles. The number of fused-ring (bicyclic) bond motifs is 1. The van der Waals surface area contributed by atoms with E-state index in [0.717, 1.165) is 16.5 Å². The van der Waals surface area contributed by atoms with Gasteiger partial charge in [-0.15, -0.1) is 0 Å². The summed E-state index contributed by atoms with van der Waals surface area (Å²) in [5, 5.41) is 5.08. The van der Waals surface area contributed by atoms with Gasteiger partial charge in [-0.2, -0.15) is 5.10 Å². The number of hydrazone groups is 1. The van der Waals surface area contributed by atoms with E-state index >= 15 is 0 Å². The summed E-state index contributed by atoms with van der Waals surface area (Å²) in [4.78, 5) is 15.8. The van der Waals surface area contributed by atoms with Crippen LogP contribution in [0.4, 0.5) is 0 Å². The topological polar surface area (TPSA) is 75.7 Å². The molecule has 0 aliphatic rings. The van der Waals surface area contributed by atoms with Gasteiger partial charge < -0.3 is 14.5 Å². The average Bonchev–Trinajstić information content (AvgIpc) is 3.18. The standard InChI is InChI=1S/C23H19N3O3/c27-22(26-25-16-17-15-24-21-14-8-7-13-20(17)21)23(28-18-9-3-1-4-10-18)29-19-11-5-2-6-12-19/h1-16,23-24H,(H,26,27). The van der Waals surface area contributed by atoms with E-state index in [-0.39, 0.29) is 0 Å². The quantitative estimate of drug-likeness (QED) is 0.286. The number of nitrogens with zero attached hydrogens (tertiary/aromatic N) is 1. The molecule has 1 amide bonds. The number of amides is 1. The number of para-hydroxylation sites is 3. The number of ether oxygens (including phenoxy) is 2. The van der Waals surface area contributed by atoms with Crippen LogP contribution in [0.2, 0.25) is 0 Å². The fourth-order valence-electron chi connectivity index (χ4n) is 2.80. The van der Waals surface area contributed by atoms with E-state index in [2.05, 4.69) is 15.5 Å². The van der Waals surface area contributed by atoms with Crippen LogP contribution < -0.4 is 14.9 Å². The van der Waals surface area contributed by atoms with Crippen LogP contribution in [0.15, 0.2) is 96.2 Å². The number of hydrogen-bond acceptors (Lipinski definition) is 4. The number of nitrogens with one attached hydrogen (secondary N) is 2. The molecule has 1 heterocycles. The highest BCUT2D eigenvalue weighted by Crippen LogP contribution is 2.17. The maximum Gasteiger partial charge on any atom is 0.323 e. The van der Waals surface area contributed by atoms with Crippen LogP contribution in [-0.4, -0.2) is 23.4 Å². The summed E-state index contributed by atoms with van der Waals surface area (Å²) in [6.45, 7) is 0. The Kier molecular flexibility index (Phi) is 5.53. The lowest BCUT2D eigenvalue weighted by atomic mass is 10.2. The van der Waals surface area contributed by atoms with E-state index in [4.69, 9.17) is 9.47 Å². The van der Waals surface area contributed by atoms with E-state index in [9.17, 15) is 4.79 Å². The van der Waals surface area contributed by atoms with Crippen molar-refractivity contribution in [2.24, 2.45) is 5.10 Å². The molecule has 144 valence electrons. The molecule has 0 fully saturated rings. The lowest BCUT2D eigenvalue weighted by Crippen LogP contribution is -2.40. The zero-order valence-corrected chi connectivity index (χ0v) is 15.5. The summed E-state index contributed by atoms with van der Waals surface area (Å²) in [5.74, 6) is 0.516. The van der Waals surface area contributed by atoms with E-state index < -0.39 is 12.2 Å². The number of aromatic amines is 1. The molecule has 4 aromatic rings. The summed E-state index contributed by atoms with van der Waals surface area (Å²) in [6.07, 6.45) is 2.22. The van der Waals surface area contributed by atoms with Gasteiger partial charge in [0.25, 0.3) is 0 Å². The molecule has 0 aliphatic heterocycles. The molecule has 6 nitrogen and oxygen atoms in total. The third-order valence-electron chi connectivity index (χ3n) is 4.19. The van der Waals surface area contributed by atoms with Crippen molar-refractivity contribution in [2.75, 3.05) is 0 Å². The van der Waals surface area contributed by atoms with Gasteiger partial charge in [0, 0.05) is 22.7 Å². The Morgan fingerprint density at radius 1 is 0.862 bits per heavy atom. The highest BCUT2D eigenvalue weighted by Gasteiger charge is 2.22. The average molecular weight is 385 g/mol. The molecular formula is C23H19N3O3. The molecule has 6 heteroatoms. The van der Waals surface area contributed by atoms with E-state index in [1.54, 1.807) is 30.5 Å². The summed E-state index contributed by atoms with van der Waals surface area (Å²) in [5.41, 5.74) is 4.36. The Labute approximate surface area is 167 Å². The molecule has 0 aliphatic carbocycles. The molecule has 0 atom stereocenters. The van der Waals surface area contributed by atoms with Crippen LogP contribution in [0, 0.1) is 0 Å². The van der Waals surface area contributed by atoms with Gasteiger partial charge in [-0.1, -0.05) is 54.6 Å². The summed E-state index contributed by atoms with van der Waals surface area (Å²) in [6, 6.07) is 25.9. The summed E-state index contributed by atoms with van der Waals surface area (Å²) >= 11 is 0. The minimum Gasteiger partial charge on any atom is -0.446 e. The number of carbonyl (C=O) groups excluding carboxylic acids is 1. The normalized spacial score (nSPS) is 11.1. The first-order valence-corrected chi connectivity index (χ1v) is 9.12. The van der Waals surface area contributed by atoms with Crippen LogP contribution in [-0.2, 0) is 4.79 Å². The number of carbonyl (C=O) groups is 1. The van der Waals surface area contributed by atoms with Gasteiger partial charge in [-0.05, 0) is 30.3 Å². The molecule has 0 bridgehead atoms. The van der Waals surface area contributed by atoms with Gasteiger partial charge in [0.1, 0.15) is 11.5 Å². The van der Waals surface area contributed by atoms with Gasteiger partial charge in [0.2, 0.25) is 0 Å². The van der Waals surface area contributed by atoms with E-state index in [1.165, 1.54) is 0 Å². The number of H-pyrrole nitrogens is 1. The minimum atomic E-state index is -1.19. The Hall–Kier alpha value is -4.06. The Morgan fingerprint density at radius 2 is 1.45 bits per heavy atom. The molecule has 29 heavy (non-hydrogen) atoms. The van der Waals surface area contributed by atoms with Gasteiger partial charge in [0.15, 0.2) is 0 Å². The van der Waals surface area contributed by atoms with Gasteiger partial charge in [-0.25, -0.2) is 5.43 Å². The molecule has 0 spiro atoms. The Bertz CT molecular complexity index is 1070. The zero-order valence-electron chi connectivity index (χ0n) is 15.5. The van der Waals surface area contributed by atoms with Crippen LogP contribution in [0.5, 0.6) is 11.5 Å². The lowest BCUT2D eigenvalue weighted by Gasteiger charge is -2.18. The fourth-order valence-corrected chi connectivity index (χ4v) is 2.80. The van der Waals surface area contributed by atoms with Gasteiger partial charge in [0.05, 0.1) is 6.21 Å². The largest absolute Gasteiger partial charge is 0.446 e. The third-order valence-corrected chi connectivity index (χ3v) is 4.19. The number of hydrogen-bond donors (Lipinski definition) is 2. The van der Waals surface area contributed by atoms with Crippen LogP contribution in [0.1, 0.15) is 5.56 Å². The predicted molar refractivity (Wildman–Crippen MR) is 112 cm³/mol. The molecule has 2 N–H and O–H groups in total. The van der Waals surface area contributed by atoms with Crippen LogP contribution in [0.3, 0.4) is 0 Å². The highest BCUT2D eigenvalue weighted by atomic mass is 16.7. The van der Waals surface area contributed by atoms with Gasteiger partial charge >= 0.3 is 12.2 Å². The first kappa shape index (κ1) is 18.3. The molecule has 1 aromatic heterocycles. The zero-order chi connectivity index (χ0) is 19.9. The number of rotatable bonds is 7. The first-order chi connectivity index (χ1) is 14.3. The maximum atomic E-state index is 12.7. The van der Waals surface area contributed by atoms with Crippen molar-refractivity contribution in [3.8, 4) is 11.5 Å². The van der Waals surface area contributed by atoms with E-state index in [1.807, 2.05) is 66.9 Å². The highest BCUT2D eigenvalue weighted by molar-refractivity contribution is 5.99. The molecule has 3 aromatic carbocycles. The monoisotopic (exact) mass is 385 g/mol. The third kappa shape index (κ3) is 4.62. The van der Waals surface area contributed by atoms with Crippen molar-refractivity contribution < 1.29 is 14.3 Å².